The third-order valence-corrected chi connectivity index (χ3v) is 5.54. The summed E-state index contributed by atoms with van der Waals surface area (Å²) in [6.07, 6.45) is 5.42. The fourth-order valence-electron chi connectivity index (χ4n) is 3.06. The van der Waals surface area contributed by atoms with Gasteiger partial charge in [-0.15, -0.1) is 0 Å². The Balaban J connectivity index is 2.96. The predicted molar refractivity (Wildman–Crippen MR) is 118 cm³/mol. The second-order valence-corrected chi connectivity index (χ2v) is 8.12. The molecule has 0 aromatic heterocycles. The molecule has 1 aromatic rings. The van der Waals surface area contributed by atoms with E-state index in [9.17, 15) is 19.5 Å². The summed E-state index contributed by atoms with van der Waals surface area (Å²) in [7, 11) is 0. The number of hydrogen-bond acceptors (Lipinski definition) is 4. The molecule has 8 heteroatoms. The fraction of sp³-hybridized carbons (Fsp3) is 0.591. The molecule has 2 amide bonds. The van der Waals surface area contributed by atoms with E-state index in [1.807, 2.05) is 0 Å². The van der Waals surface area contributed by atoms with Crippen LogP contribution >= 0.6 is 23.2 Å². The number of nitrogens with zero attached hydrogens (tertiary/aromatic N) is 1. The first kappa shape index (κ1) is 26.2. The van der Waals surface area contributed by atoms with Crippen molar-refractivity contribution in [1.29, 1.82) is 0 Å². The zero-order chi connectivity index (χ0) is 22.5. The SMILES string of the molecule is CCCCCN(CCCCC)C(=O)[C@H](CCC(=O)[O-])NC(=O)c1ccc(Cl)c(Cl)c1. The number of aliphatic carboxylic acids is 1. The van der Waals surface area contributed by atoms with Crippen molar-refractivity contribution in [2.75, 3.05) is 13.1 Å². The highest BCUT2D eigenvalue weighted by atomic mass is 35.5. The van der Waals surface area contributed by atoms with E-state index in [0.717, 1.165) is 38.5 Å². The van der Waals surface area contributed by atoms with Gasteiger partial charge in [0.05, 0.1) is 10.0 Å². The number of rotatable bonds is 14. The zero-order valence-electron chi connectivity index (χ0n) is 17.7. The van der Waals surface area contributed by atoms with E-state index >= 15 is 0 Å². The van der Waals surface area contributed by atoms with E-state index in [-0.39, 0.29) is 29.3 Å². The van der Waals surface area contributed by atoms with Gasteiger partial charge in [-0.05, 0) is 43.9 Å². The number of halogens is 2. The standard InChI is InChI=1S/C22H32Cl2N2O4/c1-3-5-7-13-26(14-8-6-4-2)22(30)19(11-12-20(27)28)25-21(29)16-9-10-17(23)18(24)15-16/h9-10,15,19H,3-8,11-14H2,1-2H3,(H,25,29)(H,27,28)/p-1/t19-/m0/s1. The van der Waals surface area contributed by atoms with Gasteiger partial charge >= 0.3 is 0 Å². The largest absolute Gasteiger partial charge is 0.550 e. The summed E-state index contributed by atoms with van der Waals surface area (Å²) in [5, 5.41) is 14.2. The highest BCUT2D eigenvalue weighted by Crippen LogP contribution is 2.22. The van der Waals surface area contributed by atoms with Gasteiger partial charge in [-0.2, -0.15) is 0 Å². The lowest BCUT2D eigenvalue weighted by molar-refractivity contribution is -0.305. The van der Waals surface area contributed by atoms with Crippen LogP contribution in [0.4, 0.5) is 0 Å². The van der Waals surface area contributed by atoms with E-state index in [1.54, 1.807) is 4.90 Å². The number of carbonyl (C=O) groups excluding carboxylic acids is 3. The Labute approximate surface area is 188 Å². The molecule has 1 atom stereocenters. The number of unbranched alkanes of at least 4 members (excludes halogenated alkanes) is 4. The Morgan fingerprint density at radius 2 is 1.60 bits per heavy atom. The van der Waals surface area contributed by atoms with E-state index < -0.39 is 17.9 Å². The van der Waals surface area contributed by atoms with Crippen molar-refractivity contribution in [2.24, 2.45) is 0 Å². The maximum atomic E-state index is 13.2. The van der Waals surface area contributed by atoms with Crippen molar-refractivity contribution >= 4 is 41.0 Å². The first-order valence-electron chi connectivity index (χ1n) is 10.5. The summed E-state index contributed by atoms with van der Waals surface area (Å²) in [6, 6.07) is 3.47. The topological polar surface area (TPSA) is 89.5 Å². The van der Waals surface area contributed by atoms with Crippen LogP contribution in [0.15, 0.2) is 18.2 Å². The maximum absolute atomic E-state index is 13.2. The number of carboxylic acid groups (broad SMARTS) is 1. The minimum absolute atomic E-state index is 0.0354. The number of amides is 2. The zero-order valence-corrected chi connectivity index (χ0v) is 19.2. The van der Waals surface area contributed by atoms with E-state index in [0.29, 0.717) is 18.1 Å². The summed E-state index contributed by atoms with van der Waals surface area (Å²) >= 11 is 11.9. The first-order chi connectivity index (χ1) is 14.3. The second-order valence-electron chi connectivity index (χ2n) is 7.31. The third kappa shape index (κ3) is 9.35. The predicted octanol–water partition coefficient (Wildman–Crippen LogP) is 3.83. The lowest BCUT2D eigenvalue weighted by Gasteiger charge is -2.28. The van der Waals surface area contributed by atoms with Crippen LogP contribution in [-0.2, 0) is 9.59 Å². The van der Waals surface area contributed by atoms with Crippen molar-refractivity contribution in [1.82, 2.24) is 10.2 Å². The minimum Gasteiger partial charge on any atom is -0.550 e. The molecule has 0 fully saturated rings. The summed E-state index contributed by atoms with van der Waals surface area (Å²) in [6.45, 7) is 5.34. The van der Waals surface area contributed by atoms with Gasteiger partial charge in [-0.1, -0.05) is 62.7 Å². The Hall–Kier alpha value is -1.79. The van der Waals surface area contributed by atoms with Gasteiger partial charge in [0.25, 0.3) is 5.91 Å². The minimum atomic E-state index is -1.26. The average molecular weight is 458 g/mol. The van der Waals surface area contributed by atoms with Gasteiger partial charge in [-0.3, -0.25) is 9.59 Å². The van der Waals surface area contributed by atoms with Crippen molar-refractivity contribution < 1.29 is 19.5 Å². The van der Waals surface area contributed by atoms with Crippen LogP contribution < -0.4 is 10.4 Å². The van der Waals surface area contributed by atoms with E-state index in [4.69, 9.17) is 23.2 Å². The summed E-state index contributed by atoms with van der Waals surface area (Å²) in [5.74, 6) is -2.04. The van der Waals surface area contributed by atoms with Crippen LogP contribution in [0.5, 0.6) is 0 Å². The Morgan fingerprint density at radius 1 is 1.00 bits per heavy atom. The molecule has 30 heavy (non-hydrogen) atoms. The van der Waals surface area contributed by atoms with Crippen LogP contribution in [0.2, 0.25) is 10.0 Å². The monoisotopic (exact) mass is 457 g/mol. The van der Waals surface area contributed by atoms with Gasteiger partial charge < -0.3 is 20.1 Å². The molecule has 0 aliphatic rings. The van der Waals surface area contributed by atoms with Crippen molar-refractivity contribution in [3.8, 4) is 0 Å². The lowest BCUT2D eigenvalue weighted by Crippen LogP contribution is -2.49. The number of hydrogen-bond donors (Lipinski definition) is 1. The van der Waals surface area contributed by atoms with Crippen LogP contribution in [-0.4, -0.2) is 41.8 Å². The van der Waals surface area contributed by atoms with Gasteiger partial charge in [-0.25, -0.2) is 0 Å². The Bertz CT molecular complexity index is 702. The third-order valence-electron chi connectivity index (χ3n) is 4.80. The molecule has 0 bridgehead atoms. The highest BCUT2D eigenvalue weighted by Gasteiger charge is 2.26. The molecule has 6 nitrogen and oxygen atoms in total. The van der Waals surface area contributed by atoms with Crippen molar-refractivity contribution in [3.63, 3.8) is 0 Å². The molecular weight excluding hydrogens is 427 g/mol. The Morgan fingerprint density at radius 3 is 2.10 bits per heavy atom. The molecule has 0 heterocycles. The van der Waals surface area contributed by atoms with Gasteiger partial charge in [0.2, 0.25) is 5.91 Å². The normalized spacial score (nSPS) is 11.7. The van der Waals surface area contributed by atoms with Gasteiger partial charge in [0, 0.05) is 24.6 Å². The Kier molecular flexibility index (Phi) is 12.5. The van der Waals surface area contributed by atoms with Gasteiger partial charge in [0.1, 0.15) is 6.04 Å². The molecule has 1 N–H and O–H groups in total. The number of nitrogens with one attached hydrogen (secondary N) is 1. The molecule has 0 spiro atoms. The molecule has 1 rings (SSSR count). The molecular formula is C22H31Cl2N2O4-. The van der Waals surface area contributed by atoms with E-state index in [2.05, 4.69) is 19.2 Å². The summed E-state index contributed by atoms with van der Waals surface area (Å²) < 4.78 is 0. The quantitative estimate of drug-likeness (QED) is 0.429. The number of benzene rings is 1. The van der Waals surface area contributed by atoms with Crippen LogP contribution in [0.25, 0.3) is 0 Å². The highest BCUT2D eigenvalue weighted by molar-refractivity contribution is 6.42. The first-order valence-corrected chi connectivity index (χ1v) is 11.3. The smallest absolute Gasteiger partial charge is 0.251 e. The number of carboxylic acids is 1. The average Bonchev–Trinajstić information content (AvgIpc) is 2.71. The summed E-state index contributed by atoms with van der Waals surface area (Å²) in [4.78, 5) is 38.6. The molecule has 0 aliphatic heterocycles. The maximum Gasteiger partial charge on any atom is 0.251 e. The molecule has 0 aliphatic carbocycles. The molecule has 0 unspecified atom stereocenters. The van der Waals surface area contributed by atoms with Crippen LogP contribution in [0.3, 0.4) is 0 Å². The molecule has 0 radical (unpaired) electrons. The van der Waals surface area contributed by atoms with Gasteiger partial charge in [0.15, 0.2) is 0 Å². The lowest BCUT2D eigenvalue weighted by atomic mass is 10.1. The number of carbonyl (C=O) groups is 3. The van der Waals surface area contributed by atoms with Crippen molar-refractivity contribution in [3.05, 3.63) is 33.8 Å². The van der Waals surface area contributed by atoms with Crippen molar-refractivity contribution in [2.45, 2.75) is 71.3 Å². The molecule has 0 saturated heterocycles. The molecule has 0 saturated carbocycles. The van der Waals surface area contributed by atoms with E-state index in [1.165, 1.54) is 18.2 Å². The molecule has 168 valence electrons. The summed E-state index contributed by atoms with van der Waals surface area (Å²) in [5.41, 5.74) is 0.249. The van der Waals surface area contributed by atoms with Crippen LogP contribution in [0, 0.1) is 0 Å². The molecule has 1 aromatic carbocycles. The fourth-order valence-corrected chi connectivity index (χ4v) is 3.35. The van der Waals surface area contributed by atoms with Crippen LogP contribution in [0.1, 0.15) is 75.6 Å². The second kappa shape index (κ2) is 14.3.